The molecule has 1 heterocycles. The van der Waals surface area contributed by atoms with E-state index in [0.717, 1.165) is 24.2 Å². The van der Waals surface area contributed by atoms with Crippen LogP contribution in [0.2, 0.25) is 0 Å². The molecule has 5 nitrogen and oxygen atoms in total. The normalized spacial score (nSPS) is 13.8. The summed E-state index contributed by atoms with van der Waals surface area (Å²) in [6.07, 6.45) is 2.28. The van der Waals surface area contributed by atoms with Crippen LogP contribution in [0.3, 0.4) is 0 Å². The summed E-state index contributed by atoms with van der Waals surface area (Å²) in [5, 5.41) is 6.04. The van der Waals surface area contributed by atoms with Gasteiger partial charge in [0.2, 0.25) is 5.95 Å². The molecule has 0 radical (unpaired) electrons. The number of amides is 1. The van der Waals surface area contributed by atoms with Crippen molar-refractivity contribution < 1.29 is 4.79 Å². The first-order valence-electron chi connectivity index (χ1n) is 6.69. The molecule has 0 atom stereocenters. The Morgan fingerprint density at radius 2 is 1.95 bits per heavy atom. The zero-order valence-corrected chi connectivity index (χ0v) is 11.3. The number of carbonyl (C=O) groups is 1. The van der Waals surface area contributed by atoms with Gasteiger partial charge in [0, 0.05) is 17.4 Å². The molecule has 1 aliphatic carbocycles. The Bertz CT molecular complexity index is 623. The summed E-state index contributed by atoms with van der Waals surface area (Å²) in [6, 6.07) is 11.5. The third-order valence-electron chi connectivity index (χ3n) is 3.03. The number of carbonyl (C=O) groups excluding carboxylic acids is 1. The minimum absolute atomic E-state index is 0.222. The predicted octanol–water partition coefficient (Wildman–Crippen LogP) is 2.61. The molecule has 5 heteroatoms. The highest BCUT2D eigenvalue weighted by atomic mass is 16.1. The molecule has 0 aliphatic heterocycles. The standard InChI is InChI=1S/C15H16N4O/c1-10-9-13(19-15(16-10)18-12-7-8-12)14(20)17-11-5-3-2-4-6-11/h2-6,9,12H,7-8H2,1H3,(H,17,20)(H,16,18,19). The summed E-state index contributed by atoms with van der Waals surface area (Å²) in [5.74, 6) is 0.311. The molecule has 1 amide bonds. The summed E-state index contributed by atoms with van der Waals surface area (Å²) in [6.45, 7) is 1.86. The molecule has 0 unspecified atom stereocenters. The van der Waals surface area contributed by atoms with Crippen LogP contribution in [0.1, 0.15) is 29.0 Å². The Morgan fingerprint density at radius 3 is 2.65 bits per heavy atom. The highest BCUT2D eigenvalue weighted by Crippen LogP contribution is 2.23. The Hall–Kier alpha value is -2.43. The van der Waals surface area contributed by atoms with Gasteiger partial charge in [0.1, 0.15) is 5.69 Å². The summed E-state index contributed by atoms with van der Waals surface area (Å²) < 4.78 is 0. The van der Waals surface area contributed by atoms with E-state index in [1.807, 2.05) is 37.3 Å². The van der Waals surface area contributed by atoms with Crippen LogP contribution >= 0.6 is 0 Å². The maximum Gasteiger partial charge on any atom is 0.274 e. The first-order valence-corrected chi connectivity index (χ1v) is 6.69. The Labute approximate surface area is 117 Å². The van der Waals surface area contributed by atoms with Crippen LogP contribution in [0, 0.1) is 6.92 Å². The zero-order chi connectivity index (χ0) is 13.9. The molecule has 1 saturated carbocycles. The third-order valence-corrected chi connectivity index (χ3v) is 3.03. The summed E-state index contributed by atoms with van der Waals surface area (Å²) in [4.78, 5) is 20.8. The van der Waals surface area contributed by atoms with E-state index in [0.29, 0.717) is 17.7 Å². The number of nitrogens with one attached hydrogen (secondary N) is 2. The SMILES string of the molecule is Cc1cc(C(=O)Nc2ccccc2)nc(NC2CC2)n1. The van der Waals surface area contributed by atoms with Crippen LogP contribution in [0.25, 0.3) is 0 Å². The highest BCUT2D eigenvalue weighted by Gasteiger charge is 2.22. The van der Waals surface area contributed by atoms with E-state index >= 15 is 0 Å². The topological polar surface area (TPSA) is 66.9 Å². The van der Waals surface area contributed by atoms with Crippen LogP contribution in [-0.2, 0) is 0 Å². The molecule has 0 saturated heterocycles. The molecule has 3 rings (SSSR count). The van der Waals surface area contributed by atoms with Crippen molar-refractivity contribution in [3.8, 4) is 0 Å². The van der Waals surface area contributed by atoms with E-state index < -0.39 is 0 Å². The van der Waals surface area contributed by atoms with Crippen molar-refractivity contribution in [3.63, 3.8) is 0 Å². The van der Waals surface area contributed by atoms with Crippen LogP contribution < -0.4 is 10.6 Å². The Balaban J connectivity index is 1.78. The van der Waals surface area contributed by atoms with Crippen molar-refractivity contribution in [2.24, 2.45) is 0 Å². The first kappa shape index (κ1) is 12.6. The van der Waals surface area contributed by atoms with Crippen molar-refractivity contribution in [1.82, 2.24) is 9.97 Å². The van der Waals surface area contributed by atoms with Gasteiger partial charge in [0.05, 0.1) is 0 Å². The molecule has 102 valence electrons. The van der Waals surface area contributed by atoms with Gasteiger partial charge in [-0.2, -0.15) is 0 Å². The van der Waals surface area contributed by atoms with E-state index in [2.05, 4.69) is 20.6 Å². The maximum atomic E-state index is 12.2. The fraction of sp³-hybridized carbons (Fsp3) is 0.267. The van der Waals surface area contributed by atoms with Crippen molar-refractivity contribution in [1.29, 1.82) is 0 Å². The summed E-state index contributed by atoms with van der Waals surface area (Å²) >= 11 is 0. The number of rotatable bonds is 4. The second-order valence-electron chi connectivity index (χ2n) is 4.96. The van der Waals surface area contributed by atoms with Gasteiger partial charge in [0.25, 0.3) is 5.91 Å². The lowest BCUT2D eigenvalue weighted by atomic mass is 10.3. The lowest BCUT2D eigenvalue weighted by molar-refractivity contribution is 0.102. The van der Waals surface area contributed by atoms with Gasteiger partial charge in [0.15, 0.2) is 0 Å². The van der Waals surface area contributed by atoms with Gasteiger partial charge in [-0.25, -0.2) is 9.97 Å². The minimum atomic E-state index is -0.222. The molecule has 1 aromatic heterocycles. The molecule has 1 fully saturated rings. The van der Waals surface area contributed by atoms with Crippen molar-refractivity contribution in [2.45, 2.75) is 25.8 Å². The number of hydrogen-bond acceptors (Lipinski definition) is 4. The molecule has 2 N–H and O–H groups in total. The predicted molar refractivity (Wildman–Crippen MR) is 77.8 cm³/mol. The quantitative estimate of drug-likeness (QED) is 0.894. The largest absolute Gasteiger partial charge is 0.351 e. The fourth-order valence-corrected chi connectivity index (χ4v) is 1.88. The van der Waals surface area contributed by atoms with Crippen LogP contribution in [-0.4, -0.2) is 21.9 Å². The number of aromatic nitrogens is 2. The molecule has 1 aliphatic rings. The number of hydrogen-bond donors (Lipinski definition) is 2. The average Bonchev–Trinajstić information content (AvgIpc) is 3.23. The van der Waals surface area contributed by atoms with Crippen LogP contribution in [0.5, 0.6) is 0 Å². The second-order valence-corrected chi connectivity index (χ2v) is 4.96. The Kier molecular flexibility index (Phi) is 3.33. The summed E-state index contributed by atoms with van der Waals surface area (Å²) in [7, 11) is 0. The van der Waals surface area contributed by atoms with Gasteiger partial charge in [-0.1, -0.05) is 18.2 Å². The minimum Gasteiger partial charge on any atom is -0.351 e. The van der Waals surface area contributed by atoms with E-state index in [9.17, 15) is 4.79 Å². The van der Waals surface area contributed by atoms with Crippen molar-refractivity contribution in [2.75, 3.05) is 10.6 Å². The average molecular weight is 268 g/mol. The number of aryl methyl sites for hydroxylation is 1. The van der Waals surface area contributed by atoms with Crippen molar-refractivity contribution in [3.05, 3.63) is 47.8 Å². The lowest BCUT2D eigenvalue weighted by Gasteiger charge is -2.08. The van der Waals surface area contributed by atoms with E-state index in [4.69, 9.17) is 0 Å². The maximum absolute atomic E-state index is 12.2. The third kappa shape index (κ3) is 3.12. The molecule has 20 heavy (non-hydrogen) atoms. The van der Waals surface area contributed by atoms with E-state index in [1.54, 1.807) is 6.07 Å². The van der Waals surface area contributed by atoms with Crippen LogP contribution in [0.15, 0.2) is 36.4 Å². The first-order chi connectivity index (χ1) is 9.70. The van der Waals surface area contributed by atoms with Gasteiger partial charge >= 0.3 is 0 Å². The number of anilines is 2. The van der Waals surface area contributed by atoms with Gasteiger partial charge in [-0.3, -0.25) is 4.79 Å². The van der Waals surface area contributed by atoms with E-state index in [-0.39, 0.29) is 5.91 Å². The summed E-state index contributed by atoms with van der Waals surface area (Å²) in [5.41, 5.74) is 1.91. The van der Waals surface area contributed by atoms with Gasteiger partial charge < -0.3 is 10.6 Å². The van der Waals surface area contributed by atoms with Crippen molar-refractivity contribution >= 4 is 17.5 Å². The second kappa shape index (κ2) is 5.28. The molecule has 0 spiro atoms. The van der Waals surface area contributed by atoms with Gasteiger partial charge in [-0.15, -0.1) is 0 Å². The van der Waals surface area contributed by atoms with E-state index in [1.165, 1.54) is 0 Å². The highest BCUT2D eigenvalue weighted by molar-refractivity contribution is 6.03. The van der Waals surface area contributed by atoms with Crippen LogP contribution in [0.4, 0.5) is 11.6 Å². The number of para-hydroxylation sites is 1. The fourth-order valence-electron chi connectivity index (χ4n) is 1.88. The molecule has 0 bridgehead atoms. The number of nitrogens with zero attached hydrogens (tertiary/aromatic N) is 2. The monoisotopic (exact) mass is 268 g/mol. The molecular formula is C15H16N4O. The lowest BCUT2D eigenvalue weighted by Crippen LogP contribution is -2.16. The van der Waals surface area contributed by atoms with Gasteiger partial charge in [-0.05, 0) is 38.0 Å². The molecule has 2 aromatic rings. The molecule has 1 aromatic carbocycles. The smallest absolute Gasteiger partial charge is 0.274 e. The molecular weight excluding hydrogens is 252 g/mol. The number of benzene rings is 1. The zero-order valence-electron chi connectivity index (χ0n) is 11.3. The Morgan fingerprint density at radius 1 is 1.20 bits per heavy atom.